The van der Waals surface area contributed by atoms with E-state index in [1.807, 2.05) is 0 Å². The largest absolute Gasteiger partial charge is 0.377 e. The van der Waals surface area contributed by atoms with Gasteiger partial charge >= 0.3 is 0 Å². The van der Waals surface area contributed by atoms with Crippen molar-refractivity contribution < 1.29 is 4.79 Å². The van der Waals surface area contributed by atoms with E-state index < -0.39 is 0 Å². The molecule has 0 aliphatic heterocycles. The molecule has 2 N–H and O–H groups in total. The molecule has 4 heteroatoms. The van der Waals surface area contributed by atoms with Crippen LogP contribution in [-0.4, -0.2) is 11.3 Å². The molecule has 0 aromatic rings. The second-order valence-corrected chi connectivity index (χ2v) is 3.18. The maximum atomic E-state index is 11.1. The predicted octanol–water partition coefficient (Wildman–Crippen LogP) is 1.59. The molecule has 0 amide bonds. The smallest absolute Gasteiger partial charge is 0.155 e. The van der Waals surface area contributed by atoms with Gasteiger partial charge in [-0.05, 0) is 26.7 Å². The summed E-state index contributed by atoms with van der Waals surface area (Å²) in [6.07, 6.45) is 3.41. The number of ketones is 1. The first-order chi connectivity index (χ1) is 5.60. The average molecular weight is 167 g/mol. The second-order valence-electron chi connectivity index (χ2n) is 3.18. The molecule has 1 fully saturated rings. The van der Waals surface area contributed by atoms with Gasteiger partial charge in [-0.1, -0.05) is 0 Å². The SMILES string of the molecule is CC(=O)C1(N/C=C(/C)N=N)CC1. The van der Waals surface area contributed by atoms with E-state index in [0.717, 1.165) is 12.8 Å². The predicted molar refractivity (Wildman–Crippen MR) is 44.7 cm³/mol. The molecule has 0 aromatic heterocycles. The zero-order valence-electron chi connectivity index (χ0n) is 7.35. The lowest BCUT2D eigenvalue weighted by Crippen LogP contribution is -2.33. The van der Waals surface area contributed by atoms with Gasteiger partial charge in [-0.3, -0.25) is 4.79 Å². The highest BCUT2D eigenvalue weighted by atomic mass is 16.1. The van der Waals surface area contributed by atoms with Crippen molar-refractivity contribution in [3.8, 4) is 0 Å². The minimum absolute atomic E-state index is 0.163. The van der Waals surface area contributed by atoms with E-state index in [0.29, 0.717) is 5.70 Å². The van der Waals surface area contributed by atoms with Gasteiger partial charge in [0.1, 0.15) is 0 Å². The van der Waals surface area contributed by atoms with Crippen LogP contribution in [0, 0.1) is 5.53 Å². The van der Waals surface area contributed by atoms with Gasteiger partial charge in [0.05, 0.1) is 11.2 Å². The number of nitrogens with one attached hydrogen (secondary N) is 2. The molecule has 4 nitrogen and oxygen atoms in total. The summed E-state index contributed by atoms with van der Waals surface area (Å²) in [6.45, 7) is 3.30. The third kappa shape index (κ3) is 1.69. The number of nitrogens with zero attached hydrogens (tertiary/aromatic N) is 1. The van der Waals surface area contributed by atoms with Crippen LogP contribution >= 0.6 is 0 Å². The molecule has 1 aliphatic rings. The minimum atomic E-state index is -0.327. The lowest BCUT2D eigenvalue weighted by molar-refractivity contribution is -0.119. The first kappa shape index (κ1) is 8.90. The number of allylic oxidation sites excluding steroid dienone is 1. The van der Waals surface area contributed by atoms with Gasteiger partial charge in [0.2, 0.25) is 0 Å². The second kappa shape index (κ2) is 3.05. The zero-order chi connectivity index (χ0) is 9.19. The summed E-state index contributed by atoms with van der Waals surface area (Å²) in [5, 5.41) is 6.21. The molecule has 12 heavy (non-hydrogen) atoms. The number of hydrogen-bond acceptors (Lipinski definition) is 4. The van der Waals surface area contributed by atoms with E-state index in [1.54, 1.807) is 20.0 Å². The Morgan fingerprint density at radius 1 is 1.58 bits per heavy atom. The molecule has 66 valence electrons. The van der Waals surface area contributed by atoms with Crippen molar-refractivity contribution >= 4 is 5.78 Å². The van der Waals surface area contributed by atoms with Crippen molar-refractivity contribution in [1.82, 2.24) is 5.32 Å². The molecule has 0 unspecified atom stereocenters. The Kier molecular flexibility index (Phi) is 2.26. The number of carbonyl (C=O) groups excluding carboxylic acids is 1. The summed E-state index contributed by atoms with van der Waals surface area (Å²) in [6, 6.07) is 0. The van der Waals surface area contributed by atoms with E-state index in [4.69, 9.17) is 5.53 Å². The van der Waals surface area contributed by atoms with Crippen molar-refractivity contribution in [2.75, 3.05) is 0 Å². The molecule has 0 spiro atoms. The average Bonchev–Trinajstić information content (AvgIpc) is 2.81. The van der Waals surface area contributed by atoms with Gasteiger partial charge in [0.25, 0.3) is 0 Å². The molecule has 0 heterocycles. The van der Waals surface area contributed by atoms with Crippen LogP contribution in [0.25, 0.3) is 0 Å². The Morgan fingerprint density at radius 3 is 2.50 bits per heavy atom. The molecule has 0 aromatic carbocycles. The van der Waals surface area contributed by atoms with Crippen molar-refractivity contribution in [2.45, 2.75) is 32.2 Å². The Hall–Kier alpha value is -1.19. The Morgan fingerprint density at radius 2 is 2.17 bits per heavy atom. The van der Waals surface area contributed by atoms with E-state index in [-0.39, 0.29) is 11.3 Å². The maximum absolute atomic E-state index is 11.1. The fraction of sp³-hybridized carbons (Fsp3) is 0.625. The molecule has 0 saturated heterocycles. The van der Waals surface area contributed by atoms with Gasteiger partial charge in [-0.2, -0.15) is 5.11 Å². The van der Waals surface area contributed by atoms with Gasteiger partial charge in [0.15, 0.2) is 5.78 Å². The van der Waals surface area contributed by atoms with Crippen LogP contribution in [-0.2, 0) is 4.79 Å². The normalized spacial score (nSPS) is 20.0. The van der Waals surface area contributed by atoms with Crippen LogP contribution in [0.2, 0.25) is 0 Å². The standard InChI is InChI=1S/C8H13N3O/c1-6(11-9)5-10-8(3-4-8)7(2)12/h5,9-10H,3-4H2,1-2H3/b6-5-,11-9?. The Labute approximate surface area is 71.5 Å². The third-order valence-corrected chi connectivity index (χ3v) is 2.16. The Balaban J connectivity index is 2.52. The highest BCUT2D eigenvalue weighted by Crippen LogP contribution is 2.36. The van der Waals surface area contributed by atoms with Crippen LogP contribution in [0.4, 0.5) is 0 Å². The summed E-state index contributed by atoms with van der Waals surface area (Å²) < 4.78 is 0. The van der Waals surface area contributed by atoms with Gasteiger partial charge in [-0.15, -0.1) is 0 Å². The summed E-state index contributed by atoms with van der Waals surface area (Å²) in [4.78, 5) is 11.1. The quantitative estimate of drug-likeness (QED) is 0.624. The molecular weight excluding hydrogens is 154 g/mol. The lowest BCUT2D eigenvalue weighted by atomic mass is 10.2. The minimum Gasteiger partial charge on any atom is -0.377 e. The maximum Gasteiger partial charge on any atom is 0.155 e. The van der Waals surface area contributed by atoms with Crippen molar-refractivity contribution in [3.05, 3.63) is 11.9 Å². The monoisotopic (exact) mass is 167 g/mol. The molecule has 0 bridgehead atoms. The summed E-state index contributed by atoms with van der Waals surface area (Å²) in [5.41, 5.74) is 6.93. The van der Waals surface area contributed by atoms with Crippen LogP contribution in [0.1, 0.15) is 26.7 Å². The first-order valence-corrected chi connectivity index (χ1v) is 3.94. The van der Waals surface area contributed by atoms with Crippen LogP contribution in [0.15, 0.2) is 17.0 Å². The summed E-state index contributed by atoms with van der Waals surface area (Å²) >= 11 is 0. The van der Waals surface area contributed by atoms with Crippen LogP contribution < -0.4 is 5.32 Å². The highest BCUT2D eigenvalue weighted by molar-refractivity contribution is 5.89. The molecular formula is C8H13N3O. The van der Waals surface area contributed by atoms with Gasteiger partial charge in [-0.25, -0.2) is 5.53 Å². The van der Waals surface area contributed by atoms with E-state index in [1.165, 1.54) is 0 Å². The van der Waals surface area contributed by atoms with Crippen LogP contribution in [0.5, 0.6) is 0 Å². The van der Waals surface area contributed by atoms with E-state index >= 15 is 0 Å². The first-order valence-electron chi connectivity index (χ1n) is 3.94. The molecule has 0 radical (unpaired) electrons. The summed E-state index contributed by atoms with van der Waals surface area (Å²) in [5.74, 6) is 0.163. The fourth-order valence-electron chi connectivity index (χ4n) is 0.998. The van der Waals surface area contributed by atoms with E-state index in [2.05, 4.69) is 10.4 Å². The number of hydrogen-bond donors (Lipinski definition) is 2. The van der Waals surface area contributed by atoms with E-state index in [9.17, 15) is 4.79 Å². The topological polar surface area (TPSA) is 65.3 Å². The number of carbonyl (C=O) groups is 1. The molecule has 1 aliphatic carbocycles. The molecule has 0 atom stereocenters. The van der Waals surface area contributed by atoms with Crippen LogP contribution in [0.3, 0.4) is 0 Å². The number of Topliss-reactive ketones (excluding diaryl/α,β-unsaturated/α-hetero) is 1. The zero-order valence-corrected chi connectivity index (χ0v) is 7.35. The third-order valence-electron chi connectivity index (χ3n) is 2.16. The van der Waals surface area contributed by atoms with Gasteiger partial charge in [0, 0.05) is 6.20 Å². The molecule has 1 saturated carbocycles. The molecule has 1 rings (SSSR count). The lowest BCUT2D eigenvalue weighted by Gasteiger charge is -2.10. The summed E-state index contributed by atoms with van der Waals surface area (Å²) in [7, 11) is 0. The van der Waals surface area contributed by atoms with Gasteiger partial charge < -0.3 is 5.32 Å². The van der Waals surface area contributed by atoms with Crippen molar-refractivity contribution in [3.63, 3.8) is 0 Å². The highest BCUT2D eigenvalue weighted by Gasteiger charge is 2.46. The number of rotatable bonds is 4. The van der Waals surface area contributed by atoms with Crippen molar-refractivity contribution in [1.29, 1.82) is 5.53 Å². The Bertz CT molecular complexity index is 241. The fourth-order valence-corrected chi connectivity index (χ4v) is 0.998. The van der Waals surface area contributed by atoms with Crippen molar-refractivity contribution in [2.24, 2.45) is 5.11 Å².